The predicted octanol–water partition coefficient (Wildman–Crippen LogP) is 2.19. The molecule has 3 nitrogen and oxygen atoms in total. The molecule has 0 aliphatic carbocycles. The van der Waals surface area contributed by atoms with Crippen molar-refractivity contribution in [3.05, 3.63) is 29.4 Å². The van der Waals surface area contributed by atoms with Gasteiger partial charge in [0.25, 0.3) is 0 Å². The van der Waals surface area contributed by atoms with Gasteiger partial charge in [0.05, 0.1) is 5.69 Å². The Morgan fingerprint density at radius 3 is 2.87 bits per heavy atom. The summed E-state index contributed by atoms with van der Waals surface area (Å²) in [6.45, 7) is 8.13. The van der Waals surface area contributed by atoms with Crippen molar-refractivity contribution in [3.8, 4) is 0 Å². The highest BCUT2D eigenvalue weighted by atomic mass is 14.9. The van der Waals surface area contributed by atoms with E-state index in [9.17, 15) is 0 Å². The zero-order valence-corrected chi connectivity index (χ0v) is 9.75. The van der Waals surface area contributed by atoms with Crippen LogP contribution in [0.1, 0.15) is 31.8 Å². The second-order valence-electron chi connectivity index (χ2n) is 3.47. The Labute approximate surface area is 91.7 Å². The van der Waals surface area contributed by atoms with Crippen molar-refractivity contribution >= 4 is 6.08 Å². The fourth-order valence-corrected chi connectivity index (χ4v) is 1.33. The molecule has 1 heterocycles. The van der Waals surface area contributed by atoms with Gasteiger partial charge in [0, 0.05) is 12.7 Å². The van der Waals surface area contributed by atoms with Gasteiger partial charge in [0.2, 0.25) is 0 Å². The molecular weight excluding hydrogens is 186 g/mol. The van der Waals surface area contributed by atoms with E-state index in [4.69, 9.17) is 0 Å². The third-order valence-electron chi connectivity index (χ3n) is 2.21. The molecular formula is C12H19N3. The molecule has 82 valence electrons. The molecule has 1 rings (SSSR count). The normalized spacial score (nSPS) is 11.8. The van der Waals surface area contributed by atoms with Crippen LogP contribution in [0.5, 0.6) is 0 Å². The van der Waals surface area contributed by atoms with Gasteiger partial charge in [-0.1, -0.05) is 19.4 Å². The molecule has 0 radical (unpaired) electrons. The summed E-state index contributed by atoms with van der Waals surface area (Å²) in [7, 11) is 0. The maximum absolute atomic E-state index is 4.35. The van der Waals surface area contributed by atoms with Crippen LogP contribution in [0.4, 0.5) is 0 Å². The van der Waals surface area contributed by atoms with Crippen LogP contribution in [-0.4, -0.2) is 23.1 Å². The van der Waals surface area contributed by atoms with Crippen molar-refractivity contribution in [3.63, 3.8) is 0 Å². The minimum Gasteiger partial charge on any atom is -0.313 e. The second kappa shape index (κ2) is 6.30. The molecule has 1 aromatic rings. The SMILES string of the molecule is CCNC/C(=C/c1ccnc(C)n1)CC. The zero-order chi connectivity index (χ0) is 11.1. The summed E-state index contributed by atoms with van der Waals surface area (Å²) in [5.74, 6) is 0.822. The van der Waals surface area contributed by atoms with E-state index in [1.165, 1.54) is 5.57 Å². The number of aryl methyl sites for hydroxylation is 1. The monoisotopic (exact) mass is 205 g/mol. The van der Waals surface area contributed by atoms with E-state index in [0.717, 1.165) is 31.0 Å². The summed E-state index contributed by atoms with van der Waals surface area (Å²) in [5, 5.41) is 3.32. The minimum atomic E-state index is 0.822. The van der Waals surface area contributed by atoms with E-state index in [0.29, 0.717) is 0 Å². The Hall–Kier alpha value is -1.22. The van der Waals surface area contributed by atoms with Crippen LogP contribution in [-0.2, 0) is 0 Å². The standard InChI is InChI=1S/C12H19N3/c1-4-11(9-13-5-2)8-12-6-7-14-10(3)15-12/h6-8,13H,4-5,9H2,1-3H3/b11-8+. The Bertz CT molecular complexity index is 331. The first-order chi connectivity index (χ1) is 7.26. The maximum Gasteiger partial charge on any atom is 0.125 e. The molecule has 15 heavy (non-hydrogen) atoms. The highest BCUT2D eigenvalue weighted by molar-refractivity contribution is 5.48. The van der Waals surface area contributed by atoms with E-state index in [-0.39, 0.29) is 0 Å². The molecule has 0 saturated heterocycles. The average molecular weight is 205 g/mol. The summed E-state index contributed by atoms with van der Waals surface area (Å²) in [6, 6.07) is 1.94. The van der Waals surface area contributed by atoms with Gasteiger partial charge in [-0.05, 0) is 32.0 Å². The van der Waals surface area contributed by atoms with E-state index >= 15 is 0 Å². The van der Waals surface area contributed by atoms with E-state index < -0.39 is 0 Å². The summed E-state index contributed by atoms with van der Waals surface area (Å²) < 4.78 is 0. The van der Waals surface area contributed by atoms with Crippen molar-refractivity contribution in [2.24, 2.45) is 0 Å². The molecule has 0 bridgehead atoms. The minimum absolute atomic E-state index is 0.822. The number of likely N-dealkylation sites (N-methyl/N-ethyl adjacent to an activating group) is 1. The first-order valence-corrected chi connectivity index (χ1v) is 5.46. The lowest BCUT2D eigenvalue weighted by molar-refractivity contribution is 0.761. The lowest BCUT2D eigenvalue weighted by Crippen LogP contribution is -2.15. The molecule has 1 aromatic heterocycles. The Kier molecular flexibility index (Phi) is 4.98. The van der Waals surface area contributed by atoms with Gasteiger partial charge in [0.15, 0.2) is 0 Å². The first kappa shape index (κ1) is 11.9. The summed E-state index contributed by atoms with van der Waals surface area (Å²) in [4.78, 5) is 8.43. The number of rotatable bonds is 5. The highest BCUT2D eigenvalue weighted by Crippen LogP contribution is 2.06. The number of nitrogens with one attached hydrogen (secondary N) is 1. The Morgan fingerprint density at radius 1 is 1.47 bits per heavy atom. The lowest BCUT2D eigenvalue weighted by Gasteiger charge is -2.05. The van der Waals surface area contributed by atoms with Crippen molar-refractivity contribution in [1.82, 2.24) is 15.3 Å². The van der Waals surface area contributed by atoms with Gasteiger partial charge in [-0.3, -0.25) is 0 Å². The van der Waals surface area contributed by atoms with Crippen LogP contribution in [0.2, 0.25) is 0 Å². The third kappa shape index (κ3) is 4.21. The first-order valence-electron chi connectivity index (χ1n) is 5.46. The largest absolute Gasteiger partial charge is 0.313 e. The Morgan fingerprint density at radius 2 is 2.27 bits per heavy atom. The van der Waals surface area contributed by atoms with Gasteiger partial charge in [-0.2, -0.15) is 0 Å². The third-order valence-corrected chi connectivity index (χ3v) is 2.21. The molecule has 0 unspecified atom stereocenters. The molecule has 0 atom stereocenters. The zero-order valence-electron chi connectivity index (χ0n) is 9.75. The van der Waals surface area contributed by atoms with Crippen molar-refractivity contribution < 1.29 is 0 Å². The molecule has 1 N–H and O–H groups in total. The van der Waals surface area contributed by atoms with Gasteiger partial charge in [-0.25, -0.2) is 9.97 Å². The van der Waals surface area contributed by atoms with Gasteiger partial charge in [-0.15, -0.1) is 0 Å². The highest BCUT2D eigenvalue weighted by Gasteiger charge is 1.96. The summed E-state index contributed by atoms with van der Waals surface area (Å²) >= 11 is 0. The van der Waals surface area contributed by atoms with Crippen LogP contribution >= 0.6 is 0 Å². The Balaban J connectivity index is 2.74. The van der Waals surface area contributed by atoms with Crippen LogP contribution in [0.3, 0.4) is 0 Å². The van der Waals surface area contributed by atoms with E-state index in [1.807, 2.05) is 13.0 Å². The van der Waals surface area contributed by atoms with Gasteiger partial charge < -0.3 is 5.32 Å². The smallest absolute Gasteiger partial charge is 0.125 e. The topological polar surface area (TPSA) is 37.8 Å². The van der Waals surface area contributed by atoms with E-state index in [1.54, 1.807) is 6.20 Å². The summed E-state index contributed by atoms with van der Waals surface area (Å²) in [5.41, 5.74) is 2.37. The molecule has 3 heteroatoms. The van der Waals surface area contributed by atoms with Crippen molar-refractivity contribution in [2.45, 2.75) is 27.2 Å². The number of aromatic nitrogens is 2. The molecule has 0 aliphatic heterocycles. The number of nitrogens with zero attached hydrogens (tertiary/aromatic N) is 2. The molecule has 0 spiro atoms. The molecule has 0 aromatic carbocycles. The van der Waals surface area contributed by atoms with Crippen LogP contribution in [0.25, 0.3) is 6.08 Å². The quantitative estimate of drug-likeness (QED) is 0.800. The molecule has 0 aliphatic rings. The number of hydrogen-bond acceptors (Lipinski definition) is 3. The fourth-order valence-electron chi connectivity index (χ4n) is 1.33. The predicted molar refractivity (Wildman–Crippen MR) is 63.6 cm³/mol. The lowest BCUT2D eigenvalue weighted by atomic mass is 10.1. The second-order valence-corrected chi connectivity index (χ2v) is 3.47. The number of hydrogen-bond donors (Lipinski definition) is 1. The molecule has 0 amide bonds. The van der Waals surface area contributed by atoms with Crippen LogP contribution < -0.4 is 5.32 Å². The van der Waals surface area contributed by atoms with Gasteiger partial charge in [0.1, 0.15) is 5.82 Å². The van der Waals surface area contributed by atoms with E-state index in [2.05, 4.69) is 35.2 Å². The van der Waals surface area contributed by atoms with Gasteiger partial charge >= 0.3 is 0 Å². The van der Waals surface area contributed by atoms with Crippen molar-refractivity contribution in [2.75, 3.05) is 13.1 Å². The van der Waals surface area contributed by atoms with Crippen LogP contribution in [0, 0.1) is 6.92 Å². The fraction of sp³-hybridized carbons (Fsp3) is 0.500. The van der Waals surface area contributed by atoms with Crippen LogP contribution in [0.15, 0.2) is 17.8 Å². The van der Waals surface area contributed by atoms with Crippen molar-refractivity contribution in [1.29, 1.82) is 0 Å². The molecule has 0 saturated carbocycles. The average Bonchev–Trinajstić information content (AvgIpc) is 2.24. The molecule has 0 fully saturated rings. The summed E-state index contributed by atoms with van der Waals surface area (Å²) in [6.07, 6.45) is 4.99. The maximum atomic E-state index is 4.35.